The minimum atomic E-state index is -1.29. The van der Waals surface area contributed by atoms with Crippen LogP contribution < -0.4 is 44.7 Å². The van der Waals surface area contributed by atoms with E-state index >= 15 is 0 Å². The topological polar surface area (TPSA) is 98.7 Å². The zero-order valence-electron chi connectivity index (χ0n) is 13.3. The van der Waals surface area contributed by atoms with Crippen LogP contribution in [0.2, 0.25) is 0 Å². The fourth-order valence-corrected chi connectivity index (χ4v) is 1.88. The summed E-state index contributed by atoms with van der Waals surface area (Å²) in [6.07, 6.45) is 1.26. The van der Waals surface area contributed by atoms with Crippen LogP contribution in [0, 0.1) is 0 Å². The van der Waals surface area contributed by atoms with Gasteiger partial charge in [-0.2, -0.15) is 0 Å². The summed E-state index contributed by atoms with van der Waals surface area (Å²) in [5.74, 6) is -2.04. The van der Waals surface area contributed by atoms with E-state index in [1.165, 1.54) is 31.4 Å². The van der Waals surface area contributed by atoms with Crippen LogP contribution in [0.25, 0.3) is 6.08 Å². The average molecular weight is 335 g/mol. The van der Waals surface area contributed by atoms with E-state index < -0.39 is 11.9 Å². The number of hydrogen-bond donors (Lipinski definition) is 2. The number of amides is 1. The molecule has 118 valence electrons. The van der Waals surface area contributed by atoms with E-state index in [0.29, 0.717) is 11.1 Å². The van der Waals surface area contributed by atoms with Crippen LogP contribution in [0.5, 0.6) is 11.5 Å². The molecule has 1 amide bonds. The molecule has 2 N–H and O–H groups in total. The summed E-state index contributed by atoms with van der Waals surface area (Å²) in [4.78, 5) is 23.4. The van der Waals surface area contributed by atoms with Gasteiger partial charge in [0.15, 0.2) is 0 Å². The number of carboxylic acids is 1. The smallest absolute Gasteiger partial charge is 0.870 e. The van der Waals surface area contributed by atoms with E-state index in [1.54, 1.807) is 30.3 Å². The Kier molecular flexibility index (Phi) is 7.51. The van der Waals surface area contributed by atoms with Gasteiger partial charge >= 0.3 is 35.5 Å². The standard InChI is InChI=1S/C17H15NO5.Na/c1-23-15-10-11(7-8-14(15)19)9-13(17(21)22)18-16(20)12-5-3-2-4-6-12;/h2-10,19H,1H3,(H,18,20)(H,21,22);/q;+1/p-1/b13-9-;. The Labute approximate surface area is 161 Å². The van der Waals surface area contributed by atoms with Crippen LogP contribution in [0.1, 0.15) is 15.9 Å². The molecule has 24 heavy (non-hydrogen) atoms. The third kappa shape index (κ3) is 5.13. The zero-order valence-corrected chi connectivity index (χ0v) is 15.3. The number of hydrogen-bond acceptors (Lipinski definition) is 4. The molecule has 0 atom stereocenters. The molecule has 0 saturated carbocycles. The Morgan fingerprint density at radius 1 is 1.17 bits per heavy atom. The fraction of sp³-hybridized carbons (Fsp3) is 0.0588. The van der Waals surface area contributed by atoms with E-state index in [0.717, 1.165) is 0 Å². The Morgan fingerprint density at radius 2 is 1.83 bits per heavy atom. The van der Waals surface area contributed by atoms with E-state index in [1.807, 2.05) is 0 Å². The van der Waals surface area contributed by atoms with Crippen LogP contribution in [0.15, 0.2) is 54.2 Å². The first-order chi connectivity index (χ1) is 11.0. The largest absolute Gasteiger partial charge is 1.00 e. The van der Waals surface area contributed by atoms with Crippen molar-refractivity contribution >= 4 is 18.0 Å². The van der Waals surface area contributed by atoms with Gasteiger partial charge in [0.05, 0.1) is 7.11 Å². The molecule has 0 unspecified atom stereocenters. The third-order valence-electron chi connectivity index (χ3n) is 3.01. The van der Waals surface area contributed by atoms with Gasteiger partial charge in [0, 0.05) is 5.56 Å². The predicted octanol–water partition coefficient (Wildman–Crippen LogP) is -1.37. The molecule has 7 heteroatoms. The second kappa shape index (κ2) is 9.12. The molecular weight excluding hydrogens is 321 g/mol. The van der Waals surface area contributed by atoms with Crippen molar-refractivity contribution in [2.75, 3.05) is 7.11 Å². The molecule has 0 radical (unpaired) electrons. The van der Waals surface area contributed by atoms with Gasteiger partial charge in [-0.15, -0.1) is 0 Å². The van der Waals surface area contributed by atoms with Crippen molar-refractivity contribution < 1.29 is 54.1 Å². The van der Waals surface area contributed by atoms with Crippen molar-refractivity contribution in [3.8, 4) is 11.5 Å². The van der Waals surface area contributed by atoms with Crippen molar-refractivity contribution in [1.82, 2.24) is 5.32 Å². The Hall–Kier alpha value is -2.28. The molecule has 0 heterocycles. The summed E-state index contributed by atoms with van der Waals surface area (Å²) >= 11 is 0. The number of carbonyl (C=O) groups excluding carboxylic acids is 1. The quantitative estimate of drug-likeness (QED) is 0.519. The SMILES string of the molecule is COc1cc(/C=C(\NC(=O)c2ccccc2)C(=O)O)ccc1[O-].[Na+]. The summed E-state index contributed by atoms with van der Waals surface area (Å²) in [7, 11) is 1.35. The molecule has 0 aromatic heterocycles. The molecule has 2 aromatic rings. The molecule has 0 bridgehead atoms. The molecule has 6 nitrogen and oxygen atoms in total. The van der Waals surface area contributed by atoms with Gasteiger partial charge in [0.2, 0.25) is 0 Å². The number of nitrogens with one attached hydrogen (secondary N) is 1. The second-order valence-electron chi connectivity index (χ2n) is 4.59. The van der Waals surface area contributed by atoms with E-state index in [9.17, 15) is 19.8 Å². The van der Waals surface area contributed by atoms with Gasteiger partial charge in [0.25, 0.3) is 5.91 Å². The summed E-state index contributed by atoms with van der Waals surface area (Å²) in [5, 5.41) is 23.0. The number of carboxylic acid groups (broad SMARTS) is 1. The average Bonchev–Trinajstić information content (AvgIpc) is 2.56. The minimum absolute atomic E-state index is 0. The van der Waals surface area contributed by atoms with E-state index in [4.69, 9.17) is 4.74 Å². The second-order valence-corrected chi connectivity index (χ2v) is 4.59. The number of methoxy groups -OCH3 is 1. The first kappa shape index (κ1) is 19.8. The zero-order chi connectivity index (χ0) is 16.8. The molecule has 0 aliphatic carbocycles. The monoisotopic (exact) mass is 335 g/mol. The number of carbonyl (C=O) groups is 2. The van der Waals surface area contributed by atoms with Crippen LogP contribution >= 0.6 is 0 Å². The van der Waals surface area contributed by atoms with Crippen LogP contribution in [-0.4, -0.2) is 24.1 Å². The van der Waals surface area contributed by atoms with E-state index in [-0.39, 0.29) is 46.8 Å². The molecule has 0 aliphatic rings. The van der Waals surface area contributed by atoms with Crippen LogP contribution in [0.4, 0.5) is 0 Å². The maximum Gasteiger partial charge on any atom is 1.00 e. The van der Waals surface area contributed by atoms with Gasteiger partial charge in [-0.05, 0) is 29.8 Å². The Balaban J connectivity index is 0.00000288. The number of ether oxygens (including phenoxy) is 1. The maximum absolute atomic E-state index is 12.0. The molecule has 2 aromatic carbocycles. The summed E-state index contributed by atoms with van der Waals surface area (Å²) in [5.41, 5.74) is 0.457. The van der Waals surface area contributed by atoms with Gasteiger partial charge in [-0.1, -0.05) is 36.1 Å². The fourth-order valence-electron chi connectivity index (χ4n) is 1.88. The molecule has 0 spiro atoms. The summed E-state index contributed by atoms with van der Waals surface area (Å²) in [6, 6.07) is 12.4. The van der Waals surface area contributed by atoms with E-state index in [2.05, 4.69) is 5.32 Å². The van der Waals surface area contributed by atoms with Crippen LogP contribution in [0.3, 0.4) is 0 Å². The number of aliphatic carboxylic acids is 1. The normalized spacial score (nSPS) is 10.5. The van der Waals surface area contributed by atoms with Gasteiger partial charge < -0.3 is 20.3 Å². The third-order valence-corrected chi connectivity index (χ3v) is 3.01. The maximum atomic E-state index is 12.0. The molecule has 0 fully saturated rings. The van der Waals surface area contributed by atoms with Gasteiger partial charge in [-0.3, -0.25) is 4.79 Å². The summed E-state index contributed by atoms with van der Waals surface area (Å²) in [6.45, 7) is 0. The van der Waals surface area contributed by atoms with Gasteiger partial charge in [0.1, 0.15) is 11.4 Å². The molecule has 2 rings (SSSR count). The molecular formula is C17H14NNaO5. The van der Waals surface area contributed by atoms with Crippen LogP contribution in [-0.2, 0) is 4.79 Å². The van der Waals surface area contributed by atoms with Crippen molar-refractivity contribution in [3.05, 3.63) is 65.4 Å². The summed E-state index contributed by atoms with van der Waals surface area (Å²) < 4.78 is 4.90. The minimum Gasteiger partial charge on any atom is -0.870 e. The molecule has 0 aliphatic heterocycles. The van der Waals surface area contributed by atoms with Crippen molar-refractivity contribution in [2.45, 2.75) is 0 Å². The first-order valence-corrected chi connectivity index (χ1v) is 6.67. The van der Waals surface area contributed by atoms with Crippen molar-refractivity contribution in [3.63, 3.8) is 0 Å². The predicted molar refractivity (Wildman–Crippen MR) is 82.0 cm³/mol. The number of rotatable bonds is 5. The van der Waals surface area contributed by atoms with Crippen molar-refractivity contribution in [2.24, 2.45) is 0 Å². The number of benzene rings is 2. The van der Waals surface area contributed by atoms with Crippen molar-refractivity contribution in [1.29, 1.82) is 0 Å². The Bertz CT molecular complexity index is 759. The Morgan fingerprint density at radius 3 is 2.42 bits per heavy atom. The van der Waals surface area contributed by atoms with Gasteiger partial charge in [-0.25, -0.2) is 4.79 Å². The molecule has 0 saturated heterocycles. The first-order valence-electron chi connectivity index (χ1n) is 6.67.